The number of thiophene rings is 1. The van der Waals surface area contributed by atoms with E-state index < -0.39 is 0 Å². The van der Waals surface area contributed by atoms with Gasteiger partial charge < -0.3 is 5.32 Å². The molecule has 0 saturated carbocycles. The van der Waals surface area contributed by atoms with Gasteiger partial charge in [-0.1, -0.05) is 0 Å². The predicted molar refractivity (Wildman–Crippen MR) is 49.1 cm³/mol. The van der Waals surface area contributed by atoms with Gasteiger partial charge in [0.15, 0.2) is 0 Å². The van der Waals surface area contributed by atoms with Crippen LogP contribution in [0.4, 0.5) is 0 Å². The van der Waals surface area contributed by atoms with Gasteiger partial charge in [0.2, 0.25) is 0 Å². The van der Waals surface area contributed by atoms with Gasteiger partial charge in [0.1, 0.15) is 0 Å². The van der Waals surface area contributed by atoms with Gasteiger partial charge in [-0.15, -0.1) is 11.3 Å². The second kappa shape index (κ2) is 2.95. The molecule has 0 aliphatic heterocycles. The molecule has 1 nitrogen and oxygen atoms in total. The first-order valence-electron chi connectivity index (χ1n) is 4.15. The number of aryl methyl sites for hydroxylation is 1. The minimum atomic E-state index is 0.638. The van der Waals surface area contributed by atoms with E-state index in [-0.39, 0.29) is 0 Å². The summed E-state index contributed by atoms with van der Waals surface area (Å²) in [4.78, 5) is 1.57. The van der Waals surface area contributed by atoms with E-state index in [2.05, 4.69) is 23.8 Å². The van der Waals surface area contributed by atoms with Crippen molar-refractivity contribution in [3.63, 3.8) is 0 Å². The van der Waals surface area contributed by atoms with E-state index in [4.69, 9.17) is 0 Å². The summed E-state index contributed by atoms with van der Waals surface area (Å²) in [6.07, 6.45) is 3.94. The summed E-state index contributed by atoms with van der Waals surface area (Å²) >= 11 is 1.90. The molecule has 0 aromatic carbocycles. The molecule has 0 spiro atoms. The van der Waals surface area contributed by atoms with Crippen molar-refractivity contribution in [2.45, 2.75) is 25.3 Å². The van der Waals surface area contributed by atoms with Crippen molar-refractivity contribution < 1.29 is 0 Å². The summed E-state index contributed by atoms with van der Waals surface area (Å²) in [5, 5.41) is 5.57. The Kier molecular flexibility index (Phi) is 1.96. The molecule has 0 radical (unpaired) electrons. The Hall–Kier alpha value is -0.340. The van der Waals surface area contributed by atoms with E-state index in [1.165, 1.54) is 19.3 Å². The van der Waals surface area contributed by atoms with Gasteiger partial charge in [0.25, 0.3) is 0 Å². The van der Waals surface area contributed by atoms with Crippen LogP contribution in [0.15, 0.2) is 11.4 Å². The summed E-state index contributed by atoms with van der Waals surface area (Å²) in [5.41, 5.74) is 1.57. The van der Waals surface area contributed by atoms with Crippen LogP contribution in [0.25, 0.3) is 0 Å². The minimum Gasteiger partial charge on any atom is -0.312 e. The Morgan fingerprint density at radius 3 is 3.36 bits per heavy atom. The molecule has 0 amide bonds. The van der Waals surface area contributed by atoms with E-state index in [1.54, 1.807) is 10.4 Å². The first-order valence-corrected chi connectivity index (χ1v) is 5.03. The maximum absolute atomic E-state index is 3.36. The average molecular weight is 167 g/mol. The van der Waals surface area contributed by atoms with Crippen molar-refractivity contribution in [3.8, 4) is 0 Å². The van der Waals surface area contributed by atoms with Crippen molar-refractivity contribution in [1.29, 1.82) is 0 Å². The third kappa shape index (κ3) is 1.21. The van der Waals surface area contributed by atoms with Crippen LogP contribution in [0.2, 0.25) is 0 Å². The molecule has 11 heavy (non-hydrogen) atoms. The fourth-order valence-electron chi connectivity index (χ4n) is 1.76. The third-order valence-corrected chi connectivity index (χ3v) is 3.46. The van der Waals surface area contributed by atoms with Gasteiger partial charge in [0, 0.05) is 10.9 Å². The summed E-state index contributed by atoms with van der Waals surface area (Å²) < 4.78 is 0. The largest absolute Gasteiger partial charge is 0.312 e. The first-order chi connectivity index (χ1) is 5.42. The van der Waals surface area contributed by atoms with E-state index in [0.29, 0.717) is 6.04 Å². The SMILES string of the molecule is CNC1CCCc2ccsc21. The summed E-state index contributed by atoms with van der Waals surface area (Å²) in [6, 6.07) is 2.91. The third-order valence-electron chi connectivity index (χ3n) is 2.38. The van der Waals surface area contributed by atoms with E-state index >= 15 is 0 Å². The molecular weight excluding hydrogens is 154 g/mol. The zero-order valence-electron chi connectivity index (χ0n) is 6.76. The van der Waals surface area contributed by atoms with Crippen molar-refractivity contribution in [3.05, 3.63) is 21.9 Å². The molecule has 2 rings (SSSR count). The molecule has 1 aliphatic carbocycles. The summed E-state index contributed by atoms with van der Waals surface area (Å²) in [5.74, 6) is 0. The van der Waals surface area contributed by atoms with Crippen LogP contribution in [0.3, 0.4) is 0 Å². The molecule has 1 aliphatic rings. The molecule has 1 N–H and O–H groups in total. The maximum Gasteiger partial charge on any atom is 0.0415 e. The van der Waals surface area contributed by atoms with Crippen molar-refractivity contribution in [1.82, 2.24) is 5.32 Å². The van der Waals surface area contributed by atoms with Gasteiger partial charge >= 0.3 is 0 Å². The molecule has 1 heterocycles. The van der Waals surface area contributed by atoms with Gasteiger partial charge in [-0.05, 0) is 43.3 Å². The van der Waals surface area contributed by atoms with Gasteiger partial charge in [-0.2, -0.15) is 0 Å². The zero-order chi connectivity index (χ0) is 7.68. The maximum atomic E-state index is 3.36. The first kappa shape index (κ1) is 7.32. The molecule has 1 aromatic rings. The van der Waals surface area contributed by atoms with Crippen LogP contribution < -0.4 is 5.32 Å². The van der Waals surface area contributed by atoms with Crippen LogP contribution in [-0.4, -0.2) is 7.05 Å². The number of hydrogen-bond acceptors (Lipinski definition) is 2. The number of fused-ring (bicyclic) bond motifs is 1. The molecule has 1 atom stereocenters. The molecule has 1 unspecified atom stereocenters. The number of hydrogen-bond donors (Lipinski definition) is 1. The highest BCUT2D eigenvalue weighted by Gasteiger charge is 2.18. The average Bonchev–Trinajstić information content (AvgIpc) is 2.50. The second-order valence-electron chi connectivity index (χ2n) is 3.04. The molecule has 60 valence electrons. The topological polar surface area (TPSA) is 12.0 Å². The summed E-state index contributed by atoms with van der Waals surface area (Å²) in [6.45, 7) is 0. The lowest BCUT2D eigenvalue weighted by Gasteiger charge is -2.21. The van der Waals surface area contributed by atoms with Crippen LogP contribution in [-0.2, 0) is 6.42 Å². The minimum absolute atomic E-state index is 0.638. The van der Waals surface area contributed by atoms with Crippen LogP contribution in [0.5, 0.6) is 0 Å². The monoisotopic (exact) mass is 167 g/mol. The van der Waals surface area contributed by atoms with Crippen LogP contribution in [0.1, 0.15) is 29.3 Å². The molecule has 0 bridgehead atoms. The lowest BCUT2D eigenvalue weighted by atomic mass is 9.95. The van der Waals surface area contributed by atoms with Crippen LogP contribution in [0, 0.1) is 0 Å². The Bertz CT molecular complexity index is 241. The normalized spacial score (nSPS) is 23.2. The Morgan fingerprint density at radius 1 is 1.64 bits per heavy atom. The Balaban J connectivity index is 2.32. The van der Waals surface area contributed by atoms with E-state index in [1.807, 2.05) is 11.3 Å². The van der Waals surface area contributed by atoms with E-state index in [0.717, 1.165) is 0 Å². The molecule has 1 aromatic heterocycles. The van der Waals surface area contributed by atoms with Crippen molar-refractivity contribution in [2.75, 3.05) is 7.05 Å². The van der Waals surface area contributed by atoms with Crippen molar-refractivity contribution in [2.24, 2.45) is 0 Å². The molecular formula is C9H13NS. The highest BCUT2D eigenvalue weighted by atomic mass is 32.1. The van der Waals surface area contributed by atoms with Gasteiger partial charge in [-0.3, -0.25) is 0 Å². The summed E-state index contributed by atoms with van der Waals surface area (Å²) in [7, 11) is 2.06. The fourth-order valence-corrected chi connectivity index (χ4v) is 2.86. The van der Waals surface area contributed by atoms with Crippen LogP contribution >= 0.6 is 11.3 Å². The predicted octanol–water partition coefficient (Wildman–Crippen LogP) is 2.34. The quantitative estimate of drug-likeness (QED) is 0.677. The fraction of sp³-hybridized carbons (Fsp3) is 0.556. The Labute approximate surface area is 71.4 Å². The zero-order valence-corrected chi connectivity index (χ0v) is 7.58. The highest BCUT2D eigenvalue weighted by Crippen LogP contribution is 2.33. The smallest absolute Gasteiger partial charge is 0.0415 e. The number of rotatable bonds is 1. The van der Waals surface area contributed by atoms with Crippen molar-refractivity contribution >= 4 is 11.3 Å². The number of nitrogens with one attached hydrogen (secondary N) is 1. The highest BCUT2D eigenvalue weighted by molar-refractivity contribution is 7.10. The lowest BCUT2D eigenvalue weighted by Crippen LogP contribution is -2.19. The van der Waals surface area contributed by atoms with Gasteiger partial charge in [0.05, 0.1) is 0 Å². The molecule has 2 heteroatoms. The second-order valence-corrected chi connectivity index (χ2v) is 3.99. The molecule has 0 saturated heterocycles. The Morgan fingerprint density at radius 2 is 2.55 bits per heavy atom. The molecule has 0 fully saturated rings. The van der Waals surface area contributed by atoms with Gasteiger partial charge in [-0.25, -0.2) is 0 Å². The standard InChI is InChI=1S/C9H13NS/c1-10-8-4-2-3-7-5-6-11-9(7)8/h5-6,8,10H,2-4H2,1H3. The van der Waals surface area contributed by atoms with E-state index in [9.17, 15) is 0 Å². The lowest BCUT2D eigenvalue weighted by molar-refractivity contribution is 0.506.